The summed E-state index contributed by atoms with van der Waals surface area (Å²) in [6.07, 6.45) is 2.37. The highest BCUT2D eigenvalue weighted by molar-refractivity contribution is 5.41. The second-order valence-corrected chi connectivity index (χ2v) is 6.24. The summed E-state index contributed by atoms with van der Waals surface area (Å²) in [7, 11) is 3.30. The summed E-state index contributed by atoms with van der Waals surface area (Å²) in [5.41, 5.74) is 2.31. The molecule has 0 aliphatic heterocycles. The Morgan fingerprint density at radius 1 is 1.08 bits per heavy atom. The van der Waals surface area contributed by atoms with E-state index < -0.39 is 0 Å². The van der Waals surface area contributed by atoms with E-state index >= 15 is 0 Å². The number of hydrogen-bond acceptors (Lipinski definition) is 5. The largest absolute Gasteiger partial charge is 0.497 e. The lowest BCUT2D eigenvalue weighted by Gasteiger charge is -2.23. The molecule has 1 aliphatic carbocycles. The van der Waals surface area contributed by atoms with Crippen LogP contribution < -0.4 is 9.47 Å². The highest BCUT2D eigenvalue weighted by Gasteiger charge is 2.29. The lowest BCUT2D eigenvalue weighted by molar-refractivity contribution is -0.384. The van der Waals surface area contributed by atoms with Crippen LogP contribution in [-0.4, -0.2) is 30.1 Å². The summed E-state index contributed by atoms with van der Waals surface area (Å²) in [6.45, 7) is 1.53. The van der Waals surface area contributed by atoms with E-state index in [1.165, 1.54) is 12.8 Å². The Balaban J connectivity index is 1.75. The number of methoxy groups -OCH3 is 2. The molecular weight excluding hydrogens is 320 g/mol. The molecular formula is C19H22N2O4. The van der Waals surface area contributed by atoms with Crippen LogP contribution in [0.4, 0.5) is 5.69 Å². The number of rotatable bonds is 8. The highest BCUT2D eigenvalue weighted by atomic mass is 16.6. The van der Waals surface area contributed by atoms with Gasteiger partial charge >= 0.3 is 0 Å². The van der Waals surface area contributed by atoms with Crippen LogP contribution in [0.25, 0.3) is 0 Å². The Bertz CT molecular complexity index is 742. The van der Waals surface area contributed by atoms with Crippen molar-refractivity contribution in [2.45, 2.75) is 32.0 Å². The van der Waals surface area contributed by atoms with E-state index in [0.717, 1.165) is 35.7 Å². The van der Waals surface area contributed by atoms with Crippen molar-refractivity contribution in [3.63, 3.8) is 0 Å². The summed E-state index contributed by atoms with van der Waals surface area (Å²) in [5.74, 6) is 1.59. The van der Waals surface area contributed by atoms with E-state index in [-0.39, 0.29) is 10.6 Å². The minimum Gasteiger partial charge on any atom is -0.497 e. The number of hydrogen-bond donors (Lipinski definition) is 0. The first kappa shape index (κ1) is 17.2. The van der Waals surface area contributed by atoms with Crippen LogP contribution in [0.2, 0.25) is 0 Å². The topological polar surface area (TPSA) is 64.8 Å². The van der Waals surface area contributed by atoms with E-state index in [1.807, 2.05) is 30.3 Å². The third-order valence-corrected chi connectivity index (χ3v) is 4.46. The Labute approximate surface area is 147 Å². The summed E-state index contributed by atoms with van der Waals surface area (Å²) in [5, 5.41) is 10.8. The van der Waals surface area contributed by atoms with Gasteiger partial charge < -0.3 is 9.47 Å². The molecule has 132 valence electrons. The van der Waals surface area contributed by atoms with Crippen LogP contribution in [-0.2, 0) is 13.1 Å². The van der Waals surface area contributed by atoms with Gasteiger partial charge in [-0.3, -0.25) is 15.0 Å². The number of benzene rings is 2. The van der Waals surface area contributed by atoms with Crippen molar-refractivity contribution in [1.82, 2.24) is 4.90 Å². The molecule has 0 saturated heterocycles. The number of ether oxygens (including phenoxy) is 2. The highest BCUT2D eigenvalue weighted by Crippen LogP contribution is 2.33. The quantitative estimate of drug-likeness (QED) is 0.539. The normalized spacial score (nSPS) is 13.7. The molecule has 1 fully saturated rings. The van der Waals surface area contributed by atoms with Gasteiger partial charge in [0.05, 0.1) is 19.1 Å². The molecule has 0 heterocycles. The molecule has 0 radical (unpaired) electrons. The first-order chi connectivity index (χ1) is 12.1. The van der Waals surface area contributed by atoms with Crippen molar-refractivity contribution < 1.29 is 14.4 Å². The van der Waals surface area contributed by atoms with Crippen molar-refractivity contribution in [2.75, 3.05) is 14.2 Å². The van der Waals surface area contributed by atoms with E-state index in [1.54, 1.807) is 26.4 Å². The molecule has 0 aromatic heterocycles. The molecule has 0 bridgehead atoms. The van der Waals surface area contributed by atoms with Gasteiger partial charge in [-0.1, -0.05) is 18.2 Å². The Kier molecular flexibility index (Phi) is 5.19. The fourth-order valence-electron chi connectivity index (χ4n) is 2.91. The minimum atomic E-state index is -0.370. The average Bonchev–Trinajstić information content (AvgIpc) is 3.47. The Morgan fingerprint density at radius 3 is 2.36 bits per heavy atom. The molecule has 0 atom stereocenters. The van der Waals surface area contributed by atoms with Crippen LogP contribution in [0, 0.1) is 10.1 Å². The van der Waals surface area contributed by atoms with Crippen LogP contribution in [0.15, 0.2) is 42.5 Å². The maximum atomic E-state index is 10.8. The zero-order valence-electron chi connectivity index (χ0n) is 14.5. The number of non-ortho nitro benzene ring substituents is 1. The SMILES string of the molecule is COc1ccc(CN(Cc2ccc([N+](=O)[O-])cc2)C2CC2)c(OC)c1. The zero-order valence-corrected chi connectivity index (χ0v) is 14.5. The summed E-state index contributed by atoms with van der Waals surface area (Å²) >= 11 is 0. The monoisotopic (exact) mass is 342 g/mol. The maximum absolute atomic E-state index is 10.8. The lowest BCUT2D eigenvalue weighted by Crippen LogP contribution is -2.25. The van der Waals surface area contributed by atoms with Crippen molar-refractivity contribution in [1.29, 1.82) is 0 Å². The smallest absolute Gasteiger partial charge is 0.269 e. The molecule has 1 saturated carbocycles. The third-order valence-electron chi connectivity index (χ3n) is 4.46. The molecule has 0 unspecified atom stereocenters. The van der Waals surface area contributed by atoms with Crippen LogP contribution in [0.1, 0.15) is 24.0 Å². The second-order valence-electron chi connectivity index (χ2n) is 6.24. The predicted molar refractivity (Wildman–Crippen MR) is 94.9 cm³/mol. The van der Waals surface area contributed by atoms with Crippen LogP contribution in [0.3, 0.4) is 0 Å². The standard InChI is InChI=1S/C19H22N2O4/c1-24-18-10-5-15(19(11-18)25-2)13-20(16-8-9-16)12-14-3-6-17(7-4-14)21(22)23/h3-7,10-11,16H,8-9,12-13H2,1-2H3. The second kappa shape index (κ2) is 7.53. The fourth-order valence-corrected chi connectivity index (χ4v) is 2.91. The van der Waals surface area contributed by atoms with E-state index in [9.17, 15) is 10.1 Å². The predicted octanol–water partition coefficient (Wildman–Crippen LogP) is 3.78. The van der Waals surface area contributed by atoms with Gasteiger partial charge in [0.1, 0.15) is 11.5 Å². The van der Waals surface area contributed by atoms with Crippen molar-refractivity contribution in [3.05, 3.63) is 63.7 Å². The fraction of sp³-hybridized carbons (Fsp3) is 0.368. The summed E-state index contributed by atoms with van der Waals surface area (Å²) in [6, 6.07) is 13.2. The molecule has 0 spiro atoms. The Hall–Kier alpha value is -2.60. The molecule has 6 nitrogen and oxygen atoms in total. The van der Waals surface area contributed by atoms with Gasteiger partial charge in [-0.2, -0.15) is 0 Å². The molecule has 2 aromatic carbocycles. The summed E-state index contributed by atoms with van der Waals surface area (Å²) in [4.78, 5) is 12.8. The van der Waals surface area contributed by atoms with Gasteiger partial charge in [0, 0.05) is 42.9 Å². The van der Waals surface area contributed by atoms with Crippen molar-refractivity contribution in [3.8, 4) is 11.5 Å². The Morgan fingerprint density at radius 2 is 1.80 bits per heavy atom. The third kappa shape index (κ3) is 4.28. The molecule has 0 amide bonds. The average molecular weight is 342 g/mol. The molecule has 2 aromatic rings. The van der Waals surface area contributed by atoms with Crippen LogP contribution >= 0.6 is 0 Å². The van der Waals surface area contributed by atoms with E-state index in [4.69, 9.17) is 9.47 Å². The van der Waals surface area contributed by atoms with Crippen molar-refractivity contribution in [2.24, 2.45) is 0 Å². The first-order valence-corrected chi connectivity index (χ1v) is 8.29. The van der Waals surface area contributed by atoms with Crippen molar-refractivity contribution >= 4 is 5.69 Å². The lowest BCUT2D eigenvalue weighted by atomic mass is 10.1. The van der Waals surface area contributed by atoms with E-state index in [0.29, 0.717) is 6.04 Å². The molecule has 3 rings (SSSR count). The molecule has 0 N–H and O–H groups in total. The first-order valence-electron chi connectivity index (χ1n) is 8.29. The number of nitro groups is 1. The van der Waals surface area contributed by atoms with Gasteiger partial charge in [0.2, 0.25) is 0 Å². The molecule has 25 heavy (non-hydrogen) atoms. The zero-order chi connectivity index (χ0) is 17.8. The van der Waals surface area contributed by atoms with Gasteiger partial charge in [-0.25, -0.2) is 0 Å². The molecule has 1 aliphatic rings. The van der Waals surface area contributed by atoms with Gasteiger partial charge in [-0.15, -0.1) is 0 Å². The number of nitrogens with zero attached hydrogens (tertiary/aromatic N) is 2. The van der Waals surface area contributed by atoms with E-state index in [2.05, 4.69) is 4.90 Å². The maximum Gasteiger partial charge on any atom is 0.269 e. The van der Waals surface area contributed by atoms with Crippen LogP contribution in [0.5, 0.6) is 11.5 Å². The van der Waals surface area contributed by atoms with Gasteiger partial charge in [-0.05, 0) is 24.5 Å². The summed E-state index contributed by atoms with van der Waals surface area (Å²) < 4.78 is 10.8. The van der Waals surface area contributed by atoms with Gasteiger partial charge in [0.15, 0.2) is 0 Å². The minimum absolute atomic E-state index is 0.124. The molecule has 6 heteroatoms. The van der Waals surface area contributed by atoms with Gasteiger partial charge in [0.25, 0.3) is 5.69 Å². The number of nitro benzene ring substituents is 1.